The van der Waals surface area contributed by atoms with Crippen LogP contribution in [0.4, 0.5) is 13.2 Å². The first-order valence-electron chi connectivity index (χ1n) is 6.40. The van der Waals surface area contributed by atoms with Crippen molar-refractivity contribution in [2.24, 2.45) is 0 Å². The minimum absolute atomic E-state index is 0.287. The molecule has 1 saturated carbocycles. The summed E-state index contributed by atoms with van der Waals surface area (Å²) in [4.78, 5) is 13.7. The zero-order valence-electron chi connectivity index (χ0n) is 11.3. The van der Waals surface area contributed by atoms with Crippen molar-refractivity contribution < 1.29 is 18.0 Å². The molecule has 1 aliphatic carbocycles. The normalized spacial score (nSPS) is 15.7. The SMILES string of the molecule is CC(C)N(CC(F)(F)F)C(=O)Cn1nnc(C2CC2)n1. The minimum atomic E-state index is -4.42. The monoisotopic (exact) mass is 291 g/mol. The maximum absolute atomic E-state index is 12.4. The number of tetrazole rings is 1. The van der Waals surface area contributed by atoms with Crippen LogP contribution in [0.5, 0.6) is 0 Å². The van der Waals surface area contributed by atoms with Gasteiger partial charge in [-0.15, -0.1) is 10.2 Å². The number of carbonyl (C=O) groups is 1. The predicted molar refractivity (Wildman–Crippen MR) is 62.7 cm³/mol. The number of hydrogen-bond donors (Lipinski definition) is 0. The molecule has 1 aliphatic rings. The summed E-state index contributed by atoms with van der Waals surface area (Å²) in [6.07, 6.45) is -2.44. The van der Waals surface area contributed by atoms with Crippen LogP contribution in [-0.4, -0.2) is 49.8 Å². The molecule has 1 amide bonds. The molecule has 0 radical (unpaired) electrons. The van der Waals surface area contributed by atoms with E-state index in [1.165, 1.54) is 13.8 Å². The van der Waals surface area contributed by atoms with Gasteiger partial charge in [-0.25, -0.2) is 0 Å². The number of amides is 1. The summed E-state index contributed by atoms with van der Waals surface area (Å²) >= 11 is 0. The summed E-state index contributed by atoms with van der Waals surface area (Å²) in [6, 6.07) is -0.546. The van der Waals surface area contributed by atoms with Crippen molar-refractivity contribution in [2.75, 3.05) is 6.54 Å². The summed E-state index contributed by atoms with van der Waals surface area (Å²) in [5.74, 6) is 0.178. The van der Waals surface area contributed by atoms with Crippen LogP contribution in [0.15, 0.2) is 0 Å². The summed E-state index contributed by atoms with van der Waals surface area (Å²) in [7, 11) is 0. The topological polar surface area (TPSA) is 63.9 Å². The van der Waals surface area contributed by atoms with Gasteiger partial charge in [-0.1, -0.05) is 0 Å². The highest BCUT2D eigenvalue weighted by molar-refractivity contribution is 5.76. The zero-order valence-corrected chi connectivity index (χ0v) is 11.3. The number of halogens is 3. The Morgan fingerprint density at radius 2 is 2.10 bits per heavy atom. The van der Waals surface area contributed by atoms with Crippen LogP contribution >= 0.6 is 0 Å². The molecule has 0 spiro atoms. The molecular weight excluding hydrogens is 275 g/mol. The van der Waals surface area contributed by atoms with Crippen molar-refractivity contribution in [1.29, 1.82) is 0 Å². The second-order valence-corrected chi connectivity index (χ2v) is 5.18. The fraction of sp³-hybridized carbons (Fsp3) is 0.818. The van der Waals surface area contributed by atoms with Crippen molar-refractivity contribution in [1.82, 2.24) is 25.1 Å². The Hall–Kier alpha value is -1.67. The molecule has 112 valence electrons. The van der Waals surface area contributed by atoms with Crippen LogP contribution in [0, 0.1) is 0 Å². The third-order valence-corrected chi connectivity index (χ3v) is 2.98. The highest BCUT2D eigenvalue weighted by Crippen LogP contribution is 2.37. The fourth-order valence-corrected chi connectivity index (χ4v) is 1.79. The minimum Gasteiger partial charge on any atom is -0.329 e. The van der Waals surface area contributed by atoms with Crippen LogP contribution in [0.3, 0.4) is 0 Å². The van der Waals surface area contributed by atoms with Gasteiger partial charge in [0.1, 0.15) is 13.1 Å². The van der Waals surface area contributed by atoms with E-state index in [4.69, 9.17) is 0 Å². The van der Waals surface area contributed by atoms with Crippen LogP contribution in [0.2, 0.25) is 0 Å². The Bertz CT molecular complexity index is 481. The standard InChI is InChI=1S/C11H16F3N5O/c1-7(2)18(6-11(12,13)14)9(20)5-19-16-10(15-17-19)8-3-4-8/h7-8H,3-6H2,1-2H3. The predicted octanol–water partition coefficient (Wildman–Crippen LogP) is 1.35. The molecular formula is C11H16F3N5O. The largest absolute Gasteiger partial charge is 0.406 e. The number of nitrogens with zero attached hydrogens (tertiary/aromatic N) is 5. The van der Waals surface area contributed by atoms with Gasteiger partial charge in [0, 0.05) is 12.0 Å². The Morgan fingerprint density at radius 1 is 1.45 bits per heavy atom. The molecule has 0 bridgehead atoms. The maximum Gasteiger partial charge on any atom is 0.406 e. The first kappa shape index (κ1) is 14.7. The van der Waals surface area contributed by atoms with Gasteiger partial charge in [-0.05, 0) is 31.9 Å². The molecule has 0 aliphatic heterocycles. The van der Waals surface area contributed by atoms with Crippen LogP contribution in [-0.2, 0) is 11.3 Å². The summed E-state index contributed by atoms with van der Waals surface area (Å²) in [5.41, 5.74) is 0. The van der Waals surface area contributed by atoms with Gasteiger partial charge in [-0.3, -0.25) is 4.79 Å². The molecule has 6 nitrogen and oxygen atoms in total. The first-order chi connectivity index (χ1) is 9.26. The molecule has 1 heterocycles. The van der Waals surface area contributed by atoms with E-state index < -0.39 is 24.7 Å². The average molecular weight is 291 g/mol. The van der Waals surface area contributed by atoms with E-state index in [9.17, 15) is 18.0 Å². The van der Waals surface area contributed by atoms with Crippen molar-refractivity contribution >= 4 is 5.91 Å². The fourth-order valence-electron chi connectivity index (χ4n) is 1.79. The zero-order chi connectivity index (χ0) is 14.9. The van der Waals surface area contributed by atoms with Gasteiger partial charge in [-0.2, -0.15) is 18.0 Å². The van der Waals surface area contributed by atoms with E-state index in [0.717, 1.165) is 22.5 Å². The molecule has 0 N–H and O–H groups in total. The van der Waals surface area contributed by atoms with Gasteiger partial charge in [0.25, 0.3) is 0 Å². The Morgan fingerprint density at radius 3 is 2.60 bits per heavy atom. The maximum atomic E-state index is 12.4. The lowest BCUT2D eigenvalue weighted by molar-refractivity contribution is -0.165. The molecule has 2 rings (SSSR count). The smallest absolute Gasteiger partial charge is 0.329 e. The number of aromatic nitrogens is 4. The van der Waals surface area contributed by atoms with E-state index in [1.807, 2.05) is 0 Å². The summed E-state index contributed by atoms with van der Waals surface area (Å²) in [5, 5.41) is 11.5. The van der Waals surface area contributed by atoms with E-state index in [1.54, 1.807) is 0 Å². The van der Waals surface area contributed by atoms with Crippen LogP contribution in [0.25, 0.3) is 0 Å². The Labute approximate surface area is 113 Å². The van der Waals surface area contributed by atoms with E-state index in [0.29, 0.717) is 5.82 Å². The molecule has 0 atom stereocenters. The van der Waals surface area contributed by atoms with E-state index >= 15 is 0 Å². The highest BCUT2D eigenvalue weighted by Gasteiger charge is 2.34. The Kier molecular flexibility index (Phi) is 3.96. The van der Waals surface area contributed by atoms with Crippen molar-refractivity contribution in [3.63, 3.8) is 0 Å². The molecule has 1 aromatic heterocycles. The first-order valence-corrected chi connectivity index (χ1v) is 6.40. The van der Waals surface area contributed by atoms with Crippen molar-refractivity contribution in [3.05, 3.63) is 5.82 Å². The van der Waals surface area contributed by atoms with Crippen LogP contribution < -0.4 is 0 Å². The second kappa shape index (κ2) is 5.37. The van der Waals surface area contributed by atoms with E-state index in [-0.39, 0.29) is 12.5 Å². The summed E-state index contributed by atoms with van der Waals surface area (Å²) in [6.45, 7) is 1.48. The van der Waals surface area contributed by atoms with Gasteiger partial charge in [0.2, 0.25) is 5.91 Å². The van der Waals surface area contributed by atoms with Crippen molar-refractivity contribution in [2.45, 2.75) is 51.4 Å². The van der Waals surface area contributed by atoms with Crippen molar-refractivity contribution in [3.8, 4) is 0 Å². The van der Waals surface area contributed by atoms with Gasteiger partial charge >= 0.3 is 6.18 Å². The van der Waals surface area contributed by atoms with Crippen LogP contribution in [0.1, 0.15) is 38.4 Å². The van der Waals surface area contributed by atoms with E-state index in [2.05, 4.69) is 15.4 Å². The number of hydrogen-bond acceptors (Lipinski definition) is 4. The summed E-state index contributed by atoms with van der Waals surface area (Å²) < 4.78 is 37.3. The quantitative estimate of drug-likeness (QED) is 0.821. The lowest BCUT2D eigenvalue weighted by atomic mass is 10.3. The molecule has 0 saturated heterocycles. The molecule has 0 unspecified atom stereocenters. The molecule has 0 aromatic carbocycles. The highest BCUT2D eigenvalue weighted by atomic mass is 19.4. The van der Waals surface area contributed by atoms with Gasteiger partial charge < -0.3 is 4.90 Å². The molecule has 1 fully saturated rings. The number of carbonyl (C=O) groups excluding carboxylic acids is 1. The third-order valence-electron chi connectivity index (χ3n) is 2.98. The number of rotatable bonds is 5. The molecule has 9 heteroatoms. The third kappa shape index (κ3) is 3.91. The van der Waals surface area contributed by atoms with Gasteiger partial charge in [0.05, 0.1) is 0 Å². The molecule has 1 aromatic rings. The number of alkyl halides is 3. The second-order valence-electron chi connectivity index (χ2n) is 5.18. The molecule has 20 heavy (non-hydrogen) atoms. The van der Waals surface area contributed by atoms with Gasteiger partial charge in [0.15, 0.2) is 5.82 Å². The Balaban J connectivity index is 1.99. The lowest BCUT2D eigenvalue weighted by Gasteiger charge is -2.27. The average Bonchev–Trinajstić information content (AvgIpc) is 3.06. The lowest BCUT2D eigenvalue weighted by Crippen LogP contribution is -2.45.